The van der Waals surface area contributed by atoms with Crippen molar-refractivity contribution >= 4 is 16.8 Å². The fourth-order valence-corrected chi connectivity index (χ4v) is 2.24. The summed E-state index contributed by atoms with van der Waals surface area (Å²) in [6, 6.07) is 5.48. The second-order valence-electron chi connectivity index (χ2n) is 5.46. The van der Waals surface area contributed by atoms with E-state index in [4.69, 9.17) is 0 Å². The monoisotopic (exact) mass is 260 g/mol. The highest BCUT2D eigenvalue weighted by atomic mass is 16.1. The van der Waals surface area contributed by atoms with Gasteiger partial charge in [-0.15, -0.1) is 0 Å². The van der Waals surface area contributed by atoms with Crippen LogP contribution in [0.15, 0.2) is 23.0 Å². The fraction of sp³-hybridized carbons (Fsp3) is 0.467. The fourth-order valence-electron chi connectivity index (χ4n) is 2.24. The van der Waals surface area contributed by atoms with E-state index in [2.05, 4.69) is 13.8 Å². The van der Waals surface area contributed by atoms with Crippen molar-refractivity contribution in [2.45, 2.75) is 26.7 Å². The summed E-state index contributed by atoms with van der Waals surface area (Å²) in [6.07, 6.45) is 1.45. The zero-order valence-corrected chi connectivity index (χ0v) is 11.9. The summed E-state index contributed by atoms with van der Waals surface area (Å²) in [5, 5.41) is 0. The number of fused-ring (bicyclic) bond motifs is 1. The van der Waals surface area contributed by atoms with Crippen molar-refractivity contribution in [3.8, 4) is 0 Å². The van der Waals surface area contributed by atoms with E-state index in [9.17, 15) is 9.59 Å². The molecule has 0 bridgehead atoms. The van der Waals surface area contributed by atoms with Crippen LogP contribution in [-0.2, 0) is 14.1 Å². The van der Waals surface area contributed by atoms with Gasteiger partial charge in [-0.1, -0.05) is 13.8 Å². The topological polar surface area (TPSA) is 44.0 Å². The van der Waals surface area contributed by atoms with Crippen LogP contribution in [0.4, 0.5) is 0 Å². The van der Waals surface area contributed by atoms with E-state index >= 15 is 0 Å². The number of hydrogen-bond acceptors (Lipinski definition) is 2. The number of aromatic nitrogens is 2. The van der Waals surface area contributed by atoms with Gasteiger partial charge in [0.2, 0.25) is 0 Å². The molecule has 1 aromatic heterocycles. The number of carbonyl (C=O) groups is 1. The third-order valence-electron chi connectivity index (χ3n) is 3.54. The highest BCUT2D eigenvalue weighted by molar-refractivity contribution is 5.99. The van der Waals surface area contributed by atoms with Crippen molar-refractivity contribution in [1.82, 2.24) is 9.13 Å². The average molecular weight is 260 g/mol. The number of aryl methyl sites for hydroxylation is 2. The molecule has 2 rings (SSSR count). The first-order chi connectivity index (χ1) is 8.91. The lowest BCUT2D eigenvalue weighted by Crippen LogP contribution is -2.19. The van der Waals surface area contributed by atoms with Crippen molar-refractivity contribution in [3.05, 3.63) is 34.2 Å². The molecular weight excluding hydrogens is 240 g/mol. The van der Waals surface area contributed by atoms with E-state index in [-0.39, 0.29) is 11.5 Å². The number of imidazole rings is 1. The maximum absolute atomic E-state index is 12.1. The van der Waals surface area contributed by atoms with Crippen LogP contribution in [0.1, 0.15) is 37.0 Å². The van der Waals surface area contributed by atoms with Gasteiger partial charge in [0.1, 0.15) is 0 Å². The summed E-state index contributed by atoms with van der Waals surface area (Å²) in [6.45, 7) is 4.22. The number of Topliss-reactive ketones (excluding diaryl/α,β-unsaturated/α-hetero) is 1. The summed E-state index contributed by atoms with van der Waals surface area (Å²) in [7, 11) is 3.47. The van der Waals surface area contributed by atoms with Gasteiger partial charge in [0.15, 0.2) is 5.78 Å². The van der Waals surface area contributed by atoms with Crippen LogP contribution in [0.25, 0.3) is 11.0 Å². The maximum atomic E-state index is 12.1. The molecule has 102 valence electrons. The molecule has 0 saturated heterocycles. The standard InChI is InChI=1S/C15H20N2O2/c1-10(2)5-8-14(18)11-6-7-12-13(9-11)17(4)15(19)16(12)3/h6-7,9-10H,5,8H2,1-4H3. The van der Waals surface area contributed by atoms with Gasteiger partial charge in [-0.25, -0.2) is 4.79 Å². The molecule has 2 aromatic rings. The Hall–Kier alpha value is -1.84. The number of nitrogens with zero attached hydrogens (tertiary/aromatic N) is 2. The SMILES string of the molecule is CC(C)CCC(=O)c1ccc2c(c1)n(C)c(=O)n2C. The summed E-state index contributed by atoms with van der Waals surface area (Å²) in [4.78, 5) is 23.9. The summed E-state index contributed by atoms with van der Waals surface area (Å²) in [5.41, 5.74) is 2.28. The van der Waals surface area contributed by atoms with Gasteiger partial charge in [0.25, 0.3) is 0 Å². The molecule has 4 nitrogen and oxygen atoms in total. The maximum Gasteiger partial charge on any atom is 0.328 e. The molecule has 0 N–H and O–H groups in total. The van der Waals surface area contributed by atoms with Crippen molar-refractivity contribution in [2.24, 2.45) is 20.0 Å². The quantitative estimate of drug-likeness (QED) is 0.793. The van der Waals surface area contributed by atoms with E-state index in [1.165, 1.54) is 0 Å². The van der Waals surface area contributed by atoms with Gasteiger partial charge in [0, 0.05) is 26.1 Å². The lowest BCUT2D eigenvalue weighted by atomic mass is 10.0. The first-order valence-corrected chi connectivity index (χ1v) is 6.60. The Kier molecular flexibility index (Phi) is 3.60. The molecule has 0 aliphatic rings. The second kappa shape index (κ2) is 5.03. The molecule has 0 aliphatic heterocycles. The van der Waals surface area contributed by atoms with Crippen LogP contribution < -0.4 is 5.69 Å². The summed E-state index contributed by atoms with van der Waals surface area (Å²) in [5.74, 6) is 0.667. The van der Waals surface area contributed by atoms with Crippen molar-refractivity contribution in [1.29, 1.82) is 0 Å². The molecule has 19 heavy (non-hydrogen) atoms. The summed E-state index contributed by atoms with van der Waals surface area (Å²) >= 11 is 0. The predicted molar refractivity (Wildman–Crippen MR) is 76.6 cm³/mol. The van der Waals surface area contributed by atoms with Gasteiger partial charge >= 0.3 is 5.69 Å². The third-order valence-corrected chi connectivity index (χ3v) is 3.54. The van der Waals surface area contributed by atoms with Gasteiger partial charge in [-0.2, -0.15) is 0 Å². The molecule has 4 heteroatoms. The molecule has 0 unspecified atom stereocenters. The first-order valence-electron chi connectivity index (χ1n) is 6.60. The first kappa shape index (κ1) is 13.6. The van der Waals surface area contributed by atoms with E-state index in [1.54, 1.807) is 23.2 Å². The van der Waals surface area contributed by atoms with Crippen molar-refractivity contribution in [3.63, 3.8) is 0 Å². The molecule has 0 spiro atoms. The Labute approximate surface area is 112 Å². The highest BCUT2D eigenvalue weighted by Gasteiger charge is 2.12. The number of ketones is 1. The average Bonchev–Trinajstić information content (AvgIpc) is 2.61. The van der Waals surface area contributed by atoms with Crippen molar-refractivity contribution in [2.75, 3.05) is 0 Å². The van der Waals surface area contributed by atoms with Crippen LogP contribution in [-0.4, -0.2) is 14.9 Å². The van der Waals surface area contributed by atoms with E-state index < -0.39 is 0 Å². The lowest BCUT2D eigenvalue weighted by molar-refractivity contribution is 0.0975. The van der Waals surface area contributed by atoms with Gasteiger partial charge in [0.05, 0.1) is 11.0 Å². The zero-order chi connectivity index (χ0) is 14.2. The van der Waals surface area contributed by atoms with E-state index in [0.29, 0.717) is 17.9 Å². The highest BCUT2D eigenvalue weighted by Crippen LogP contribution is 2.16. The Morgan fingerprint density at radius 1 is 1.16 bits per heavy atom. The smallest absolute Gasteiger partial charge is 0.295 e. The minimum Gasteiger partial charge on any atom is -0.295 e. The number of benzene rings is 1. The molecule has 0 atom stereocenters. The molecule has 1 aromatic carbocycles. The van der Waals surface area contributed by atoms with Gasteiger partial charge < -0.3 is 0 Å². The summed E-state index contributed by atoms with van der Waals surface area (Å²) < 4.78 is 3.17. The molecular formula is C15H20N2O2. The van der Waals surface area contributed by atoms with Gasteiger partial charge in [-0.3, -0.25) is 13.9 Å². The predicted octanol–water partition coefficient (Wildman–Crippen LogP) is 2.50. The van der Waals surface area contributed by atoms with Gasteiger partial charge in [-0.05, 0) is 30.5 Å². The Balaban J connectivity index is 2.39. The van der Waals surface area contributed by atoms with Crippen LogP contribution in [0.2, 0.25) is 0 Å². The number of rotatable bonds is 4. The molecule has 1 heterocycles. The van der Waals surface area contributed by atoms with E-state index in [1.807, 2.05) is 18.2 Å². The van der Waals surface area contributed by atoms with Crippen LogP contribution in [0.5, 0.6) is 0 Å². The largest absolute Gasteiger partial charge is 0.328 e. The van der Waals surface area contributed by atoms with Crippen LogP contribution in [0.3, 0.4) is 0 Å². The molecule has 0 aliphatic carbocycles. The van der Waals surface area contributed by atoms with E-state index in [0.717, 1.165) is 17.5 Å². The lowest BCUT2D eigenvalue weighted by Gasteiger charge is -2.04. The molecule has 0 radical (unpaired) electrons. The minimum absolute atomic E-state index is 0.0678. The second-order valence-corrected chi connectivity index (χ2v) is 5.46. The molecule has 0 saturated carbocycles. The molecule has 0 amide bonds. The Morgan fingerprint density at radius 2 is 1.79 bits per heavy atom. The minimum atomic E-state index is -0.0678. The Bertz CT molecular complexity index is 677. The number of hydrogen-bond donors (Lipinski definition) is 0. The zero-order valence-electron chi connectivity index (χ0n) is 11.9. The molecule has 0 fully saturated rings. The third kappa shape index (κ3) is 2.48. The van der Waals surface area contributed by atoms with Crippen LogP contribution in [0, 0.1) is 5.92 Å². The van der Waals surface area contributed by atoms with Crippen LogP contribution >= 0.6 is 0 Å². The van der Waals surface area contributed by atoms with Crippen molar-refractivity contribution < 1.29 is 4.79 Å². The normalized spacial score (nSPS) is 11.4. The Morgan fingerprint density at radius 3 is 2.42 bits per heavy atom. The number of carbonyl (C=O) groups excluding carboxylic acids is 1.